The van der Waals surface area contributed by atoms with Crippen molar-refractivity contribution in [3.8, 4) is 11.8 Å². The van der Waals surface area contributed by atoms with Gasteiger partial charge < -0.3 is 9.30 Å². The van der Waals surface area contributed by atoms with Crippen LogP contribution < -0.4 is 4.74 Å². The molecule has 3 rings (SSSR count). The fraction of sp³-hybridized carbons (Fsp3) is 0.357. The molecular weight excluding hydrogens is 250 g/mol. The molecule has 1 aliphatic rings. The predicted molar refractivity (Wildman–Crippen MR) is 66.2 cm³/mol. The van der Waals surface area contributed by atoms with E-state index in [4.69, 9.17) is 5.26 Å². The molecule has 1 aromatic carbocycles. The molecule has 1 heterocycles. The lowest BCUT2D eigenvalue weighted by Gasteiger charge is -2.28. The molecule has 0 unspecified atom stereocenters. The van der Waals surface area contributed by atoms with Crippen LogP contribution in [0.25, 0.3) is 10.9 Å². The van der Waals surface area contributed by atoms with E-state index < -0.39 is 6.61 Å². The third-order valence-corrected chi connectivity index (χ3v) is 3.62. The number of benzene rings is 1. The first kappa shape index (κ1) is 12.0. The van der Waals surface area contributed by atoms with Gasteiger partial charge in [-0.05, 0) is 31.4 Å². The van der Waals surface area contributed by atoms with Crippen LogP contribution in [0.1, 0.15) is 30.9 Å². The van der Waals surface area contributed by atoms with Gasteiger partial charge in [-0.15, -0.1) is 0 Å². The zero-order valence-corrected chi connectivity index (χ0v) is 10.1. The van der Waals surface area contributed by atoms with E-state index in [-0.39, 0.29) is 5.75 Å². The number of fused-ring (bicyclic) bond motifs is 1. The van der Waals surface area contributed by atoms with Gasteiger partial charge in [-0.3, -0.25) is 0 Å². The van der Waals surface area contributed by atoms with Gasteiger partial charge in [0.2, 0.25) is 0 Å². The predicted octanol–water partition coefficient (Wildman–Crippen LogP) is 3.84. The molecule has 0 amide bonds. The SMILES string of the molecule is N#Cc1cn(C2CCC2)c2cc(OC(F)F)ccc12. The molecule has 0 N–H and O–H groups in total. The van der Waals surface area contributed by atoms with E-state index in [0.29, 0.717) is 11.6 Å². The first-order valence-electron chi connectivity index (χ1n) is 6.18. The van der Waals surface area contributed by atoms with Crippen LogP contribution in [-0.2, 0) is 0 Å². The minimum Gasteiger partial charge on any atom is -0.435 e. The van der Waals surface area contributed by atoms with Crippen LogP contribution in [0.3, 0.4) is 0 Å². The summed E-state index contributed by atoms with van der Waals surface area (Å²) in [4.78, 5) is 0. The van der Waals surface area contributed by atoms with Gasteiger partial charge in [0.1, 0.15) is 11.8 Å². The Hall–Kier alpha value is -2.09. The summed E-state index contributed by atoms with van der Waals surface area (Å²) in [5.74, 6) is 0.130. The molecular formula is C14H12F2N2O. The Morgan fingerprint density at radius 3 is 2.74 bits per heavy atom. The highest BCUT2D eigenvalue weighted by molar-refractivity contribution is 5.87. The average molecular weight is 262 g/mol. The topological polar surface area (TPSA) is 38.0 Å². The van der Waals surface area contributed by atoms with Crippen molar-refractivity contribution in [3.05, 3.63) is 30.0 Å². The number of nitriles is 1. The van der Waals surface area contributed by atoms with E-state index in [1.807, 2.05) is 4.57 Å². The number of halogens is 2. The second-order valence-electron chi connectivity index (χ2n) is 4.70. The van der Waals surface area contributed by atoms with Gasteiger partial charge in [-0.25, -0.2) is 0 Å². The molecule has 5 heteroatoms. The maximum Gasteiger partial charge on any atom is 0.387 e. The summed E-state index contributed by atoms with van der Waals surface area (Å²) < 4.78 is 30.9. The van der Waals surface area contributed by atoms with E-state index in [2.05, 4.69) is 10.8 Å². The lowest BCUT2D eigenvalue weighted by molar-refractivity contribution is -0.0497. The largest absolute Gasteiger partial charge is 0.435 e. The number of alkyl halides is 2. The van der Waals surface area contributed by atoms with Crippen molar-refractivity contribution < 1.29 is 13.5 Å². The molecule has 0 radical (unpaired) electrons. The molecule has 2 aromatic rings. The lowest BCUT2D eigenvalue weighted by atomic mass is 9.93. The number of aromatic nitrogens is 1. The number of hydrogen-bond acceptors (Lipinski definition) is 2. The molecule has 0 saturated heterocycles. The summed E-state index contributed by atoms with van der Waals surface area (Å²) >= 11 is 0. The monoisotopic (exact) mass is 262 g/mol. The summed E-state index contributed by atoms with van der Waals surface area (Å²) in [5.41, 5.74) is 1.37. The van der Waals surface area contributed by atoms with Gasteiger partial charge in [-0.1, -0.05) is 0 Å². The number of rotatable bonds is 3. The highest BCUT2D eigenvalue weighted by Crippen LogP contribution is 2.37. The lowest BCUT2D eigenvalue weighted by Crippen LogP contribution is -2.15. The molecule has 1 aromatic heterocycles. The standard InChI is InChI=1S/C14H12F2N2O/c15-14(16)19-11-4-5-12-9(7-17)8-18(13(12)6-11)10-2-1-3-10/h4-6,8,10,14H,1-3H2. The van der Waals surface area contributed by atoms with Crippen LogP contribution in [0.2, 0.25) is 0 Å². The van der Waals surface area contributed by atoms with E-state index in [9.17, 15) is 8.78 Å². The third-order valence-electron chi connectivity index (χ3n) is 3.62. The van der Waals surface area contributed by atoms with E-state index >= 15 is 0 Å². The second-order valence-corrected chi connectivity index (χ2v) is 4.70. The van der Waals surface area contributed by atoms with Crippen LogP contribution in [0, 0.1) is 11.3 Å². The van der Waals surface area contributed by atoms with Gasteiger partial charge in [0.05, 0.1) is 11.1 Å². The van der Waals surface area contributed by atoms with E-state index in [1.54, 1.807) is 18.3 Å². The normalized spacial score (nSPS) is 15.5. The summed E-state index contributed by atoms with van der Waals surface area (Å²) in [5, 5.41) is 9.91. The Balaban J connectivity index is 2.11. The van der Waals surface area contributed by atoms with Crippen molar-refractivity contribution in [2.75, 3.05) is 0 Å². The Morgan fingerprint density at radius 1 is 1.37 bits per heavy atom. The Bertz CT molecular complexity index is 653. The molecule has 19 heavy (non-hydrogen) atoms. The molecule has 1 fully saturated rings. The van der Waals surface area contributed by atoms with Gasteiger partial charge in [0.15, 0.2) is 0 Å². The molecule has 0 atom stereocenters. The molecule has 1 aliphatic carbocycles. The number of nitrogens with zero attached hydrogens (tertiary/aromatic N) is 2. The second kappa shape index (κ2) is 4.54. The van der Waals surface area contributed by atoms with E-state index in [1.165, 1.54) is 12.5 Å². The smallest absolute Gasteiger partial charge is 0.387 e. The van der Waals surface area contributed by atoms with Crippen LogP contribution in [0.4, 0.5) is 8.78 Å². The molecule has 98 valence electrons. The number of hydrogen-bond donors (Lipinski definition) is 0. The summed E-state index contributed by atoms with van der Waals surface area (Å²) in [7, 11) is 0. The minimum atomic E-state index is -2.83. The summed E-state index contributed by atoms with van der Waals surface area (Å²) in [6.45, 7) is -2.83. The zero-order chi connectivity index (χ0) is 13.4. The van der Waals surface area contributed by atoms with Crippen molar-refractivity contribution in [1.82, 2.24) is 4.57 Å². The van der Waals surface area contributed by atoms with Crippen molar-refractivity contribution in [3.63, 3.8) is 0 Å². The van der Waals surface area contributed by atoms with Gasteiger partial charge in [0, 0.05) is 23.7 Å². The van der Waals surface area contributed by atoms with Gasteiger partial charge >= 0.3 is 6.61 Å². The zero-order valence-electron chi connectivity index (χ0n) is 10.1. The van der Waals surface area contributed by atoms with Crippen LogP contribution in [0.5, 0.6) is 5.75 Å². The van der Waals surface area contributed by atoms with Crippen molar-refractivity contribution in [2.24, 2.45) is 0 Å². The fourth-order valence-corrected chi connectivity index (χ4v) is 2.46. The Morgan fingerprint density at radius 2 is 2.16 bits per heavy atom. The first-order valence-corrected chi connectivity index (χ1v) is 6.18. The maximum absolute atomic E-state index is 12.2. The summed E-state index contributed by atoms with van der Waals surface area (Å²) in [6, 6.07) is 7.23. The Labute approximate surface area is 109 Å². The maximum atomic E-state index is 12.2. The van der Waals surface area contributed by atoms with E-state index in [0.717, 1.165) is 23.7 Å². The van der Waals surface area contributed by atoms with Crippen molar-refractivity contribution in [1.29, 1.82) is 5.26 Å². The molecule has 0 spiro atoms. The minimum absolute atomic E-state index is 0.130. The highest BCUT2D eigenvalue weighted by atomic mass is 19.3. The molecule has 0 aliphatic heterocycles. The van der Waals surface area contributed by atoms with Crippen LogP contribution in [0.15, 0.2) is 24.4 Å². The summed E-state index contributed by atoms with van der Waals surface area (Å²) in [6.07, 6.45) is 5.10. The van der Waals surface area contributed by atoms with Gasteiger partial charge in [-0.2, -0.15) is 14.0 Å². The fourth-order valence-electron chi connectivity index (χ4n) is 2.46. The third kappa shape index (κ3) is 2.03. The Kier molecular flexibility index (Phi) is 2.86. The quantitative estimate of drug-likeness (QED) is 0.842. The van der Waals surface area contributed by atoms with Crippen molar-refractivity contribution in [2.45, 2.75) is 31.9 Å². The van der Waals surface area contributed by atoms with Crippen LogP contribution >= 0.6 is 0 Å². The molecule has 3 nitrogen and oxygen atoms in total. The molecule has 1 saturated carbocycles. The number of ether oxygens (including phenoxy) is 1. The highest BCUT2D eigenvalue weighted by Gasteiger charge is 2.22. The van der Waals surface area contributed by atoms with Gasteiger partial charge in [0.25, 0.3) is 0 Å². The molecule has 0 bridgehead atoms. The van der Waals surface area contributed by atoms with Crippen LogP contribution in [-0.4, -0.2) is 11.2 Å². The first-order chi connectivity index (χ1) is 9.19. The van der Waals surface area contributed by atoms with Crippen molar-refractivity contribution >= 4 is 10.9 Å². The average Bonchev–Trinajstić information content (AvgIpc) is 2.65.